The fourth-order valence-corrected chi connectivity index (χ4v) is 4.50. The summed E-state index contributed by atoms with van der Waals surface area (Å²) in [4.78, 5) is 37.7. The molecule has 1 heterocycles. The molecule has 0 amide bonds. The van der Waals surface area contributed by atoms with Crippen molar-refractivity contribution in [1.82, 2.24) is 10.2 Å². The Morgan fingerprint density at radius 3 is 2.41 bits per heavy atom. The molecule has 152 valence electrons. The number of aromatic nitrogens is 2. The molecule has 29 heavy (non-hydrogen) atoms. The summed E-state index contributed by atoms with van der Waals surface area (Å²) in [6.45, 7) is 6.00. The molecule has 0 bridgehead atoms. The lowest BCUT2D eigenvalue weighted by atomic mass is 9.86. The Morgan fingerprint density at radius 1 is 1.03 bits per heavy atom. The van der Waals surface area contributed by atoms with Gasteiger partial charge in [0.15, 0.2) is 11.6 Å². The highest BCUT2D eigenvalue weighted by Crippen LogP contribution is 2.38. The average Bonchev–Trinajstić information content (AvgIpc) is 2.95. The minimum atomic E-state index is -0.596. The van der Waals surface area contributed by atoms with Gasteiger partial charge in [-0.15, -0.1) is 0 Å². The summed E-state index contributed by atoms with van der Waals surface area (Å²) in [5, 5.41) is 7.40. The fraction of sp³-hybridized carbons (Fsp3) is 0.458. The van der Waals surface area contributed by atoms with Crippen LogP contribution < -0.4 is 0 Å². The van der Waals surface area contributed by atoms with E-state index in [-0.39, 0.29) is 23.3 Å². The van der Waals surface area contributed by atoms with Crippen LogP contribution in [0.2, 0.25) is 0 Å². The van der Waals surface area contributed by atoms with Gasteiger partial charge in [-0.25, -0.2) is 0 Å². The zero-order valence-electron chi connectivity index (χ0n) is 17.4. The highest BCUT2D eigenvalue weighted by Gasteiger charge is 2.42. The van der Waals surface area contributed by atoms with Crippen molar-refractivity contribution in [1.29, 1.82) is 0 Å². The summed E-state index contributed by atoms with van der Waals surface area (Å²) in [6.07, 6.45) is 7.03. The van der Waals surface area contributed by atoms with Gasteiger partial charge in [-0.05, 0) is 56.4 Å². The maximum Gasteiger partial charge on any atom is 0.164 e. The molecule has 0 spiro atoms. The molecule has 5 heteroatoms. The SMILES string of the molecule is Cc1cc(C)c(C2C(=O)CC(CCCCCC(=O)c3ccnnc3)C2=O)c(C)c1. The quantitative estimate of drug-likeness (QED) is 0.376. The highest BCUT2D eigenvalue weighted by atomic mass is 16.2. The molecule has 0 radical (unpaired) electrons. The van der Waals surface area contributed by atoms with Crippen LogP contribution in [0.3, 0.4) is 0 Å². The number of benzene rings is 1. The number of hydrogen-bond donors (Lipinski definition) is 0. The van der Waals surface area contributed by atoms with Crippen molar-refractivity contribution >= 4 is 17.3 Å². The number of carbonyl (C=O) groups is 3. The molecule has 0 aliphatic heterocycles. The molecule has 1 aromatic heterocycles. The van der Waals surface area contributed by atoms with Gasteiger partial charge >= 0.3 is 0 Å². The molecule has 1 aliphatic carbocycles. The van der Waals surface area contributed by atoms with Crippen molar-refractivity contribution in [2.75, 3.05) is 0 Å². The Balaban J connectivity index is 1.51. The summed E-state index contributed by atoms with van der Waals surface area (Å²) in [5.74, 6) is -0.592. The lowest BCUT2D eigenvalue weighted by Gasteiger charge is -2.16. The second kappa shape index (κ2) is 9.21. The molecule has 0 saturated heterocycles. The van der Waals surface area contributed by atoms with Gasteiger partial charge < -0.3 is 0 Å². The predicted molar refractivity (Wildman–Crippen MR) is 111 cm³/mol. The summed E-state index contributed by atoms with van der Waals surface area (Å²) in [7, 11) is 0. The van der Waals surface area contributed by atoms with Gasteiger partial charge in [-0.3, -0.25) is 14.4 Å². The number of unbranched alkanes of at least 4 members (excludes halogenated alkanes) is 2. The maximum atomic E-state index is 13.0. The monoisotopic (exact) mass is 392 g/mol. The Morgan fingerprint density at radius 2 is 1.76 bits per heavy atom. The molecule has 2 unspecified atom stereocenters. The minimum absolute atomic E-state index is 0.0513. The second-order valence-electron chi connectivity index (χ2n) is 8.17. The van der Waals surface area contributed by atoms with Crippen LogP contribution in [0.15, 0.2) is 30.6 Å². The molecular formula is C24H28N2O3. The number of rotatable bonds is 8. The van der Waals surface area contributed by atoms with Crippen LogP contribution >= 0.6 is 0 Å². The summed E-state index contributed by atoms with van der Waals surface area (Å²) in [6, 6.07) is 5.77. The molecule has 1 aromatic carbocycles. The third-order valence-electron chi connectivity index (χ3n) is 5.85. The van der Waals surface area contributed by atoms with Gasteiger partial charge in [-0.2, -0.15) is 10.2 Å². The van der Waals surface area contributed by atoms with Crippen LogP contribution in [0.25, 0.3) is 0 Å². The normalized spacial score (nSPS) is 19.0. The van der Waals surface area contributed by atoms with Crippen molar-refractivity contribution < 1.29 is 14.4 Å². The molecule has 1 fully saturated rings. The number of carbonyl (C=O) groups excluding carboxylic acids is 3. The van der Waals surface area contributed by atoms with Gasteiger partial charge in [0.1, 0.15) is 11.7 Å². The van der Waals surface area contributed by atoms with E-state index in [1.54, 1.807) is 6.07 Å². The smallest absolute Gasteiger partial charge is 0.164 e. The highest BCUT2D eigenvalue weighted by molar-refractivity contribution is 6.14. The van der Waals surface area contributed by atoms with Crippen molar-refractivity contribution in [3.05, 3.63) is 58.4 Å². The van der Waals surface area contributed by atoms with E-state index in [1.807, 2.05) is 32.9 Å². The fourth-order valence-electron chi connectivity index (χ4n) is 4.50. The number of Topliss-reactive ketones (excluding diaryl/α,β-unsaturated/α-hetero) is 3. The standard InChI is InChI=1S/C24H28N2O3/c1-15-11-16(2)22(17(3)12-15)23-21(28)13-18(24(23)29)7-5-4-6-8-20(27)19-9-10-25-26-14-19/h9-12,14,18,23H,4-8,13H2,1-3H3. The first-order valence-electron chi connectivity index (χ1n) is 10.3. The van der Waals surface area contributed by atoms with Crippen molar-refractivity contribution in [3.63, 3.8) is 0 Å². The number of aryl methyl sites for hydroxylation is 3. The Hall–Kier alpha value is -2.69. The molecule has 2 atom stereocenters. The van der Waals surface area contributed by atoms with Crippen LogP contribution in [0.4, 0.5) is 0 Å². The zero-order chi connectivity index (χ0) is 21.0. The minimum Gasteiger partial charge on any atom is -0.298 e. The van der Waals surface area contributed by atoms with Crippen LogP contribution in [-0.4, -0.2) is 27.5 Å². The summed E-state index contributed by atoms with van der Waals surface area (Å²) < 4.78 is 0. The molecule has 1 aliphatic rings. The Bertz CT molecular complexity index is 898. The largest absolute Gasteiger partial charge is 0.298 e. The maximum absolute atomic E-state index is 13.0. The van der Waals surface area contributed by atoms with E-state index in [0.717, 1.165) is 47.9 Å². The number of hydrogen-bond acceptors (Lipinski definition) is 5. The van der Waals surface area contributed by atoms with Crippen molar-refractivity contribution in [2.45, 2.75) is 65.2 Å². The first-order chi connectivity index (χ1) is 13.9. The van der Waals surface area contributed by atoms with E-state index in [1.165, 1.54) is 12.4 Å². The lowest BCUT2D eigenvalue weighted by Crippen LogP contribution is -2.17. The molecule has 1 saturated carbocycles. The Labute approximate surface area is 171 Å². The van der Waals surface area contributed by atoms with Crippen LogP contribution in [0.5, 0.6) is 0 Å². The summed E-state index contributed by atoms with van der Waals surface area (Å²) >= 11 is 0. The first kappa shape index (κ1) is 21.0. The van der Waals surface area contributed by atoms with Gasteiger partial charge in [0, 0.05) is 24.3 Å². The van der Waals surface area contributed by atoms with E-state index in [9.17, 15) is 14.4 Å². The van der Waals surface area contributed by atoms with Crippen LogP contribution in [0.1, 0.15) is 77.1 Å². The third-order valence-corrected chi connectivity index (χ3v) is 5.85. The molecule has 2 aromatic rings. The van der Waals surface area contributed by atoms with E-state index in [0.29, 0.717) is 18.4 Å². The number of nitrogens with zero attached hydrogens (tertiary/aromatic N) is 2. The van der Waals surface area contributed by atoms with E-state index in [2.05, 4.69) is 10.2 Å². The van der Waals surface area contributed by atoms with Gasteiger partial charge in [0.2, 0.25) is 0 Å². The van der Waals surface area contributed by atoms with Gasteiger partial charge in [0.05, 0.1) is 12.4 Å². The van der Waals surface area contributed by atoms with Gasteiger partial charge in [-0.1, -0.05) is 30.5 Å². The first-order valence-corrected chi connectivity index (χ1v) is 10.3. The molecule has 3 rings (SSSR count). The third kappa shape index (κ3) is 4.84. The van der Waals surface area contributed by atoms with E-state index >= 15 is 0 Å². The zero-order valence-corrected chi connectivity index (χ0v) is 17.4. The topological polar surface area (TPSA) is 77.0 Å². The molecular weight excluding hydrogens is 364 g/mol. The average molecular weight is 392 g/mol. The predicted octanol–water partition coefficient (Wildman–Crippen LogP) is 4.48. The van der Waals surface area contributed by atoms with Crippen molar-refractivity contribution in [2.24, 2.45) is 5.92 Å². The van der Waals surface area contributed by atoms with E-state index in [4.69, 9.17) is 0 Å². The van der Waals surface area contributed by atoms with Gasteiger partial charge in [0.25, 0.3) is 0 Å². The van der Waals surface area contributed by atoms with Crippen LogP contribution in [-0.2, 0) is 9.59 Å². The molecule has 0 N–H and O–H groups in total. The van der Waals surface area contributed by atoms with E-state index < -0.39 is 5.92 Å². The lowest BCUT2D eigenvalue weighted by molar-refractivity contribution is -0.124. The number of ketones is 3. The molecule has 5 nitrogen and oxygen atoms in total. The van der Waals surface area contributed by atoms with Crippen molar-refractivity contribution in [3.8, 4) is 0 Å². The van der Waals surface area contributed by atoms with Crippen LogP contribution in [0, 0.1) is 26.7 Å². The Kier molecular flexibility index (Phi) is 6.68. The second-order valence-corrected chi connectivity index (χ2v) is 8.17. The summed E-state index contributed by atoms with van der Waals surface area (Å²) in [5.41, 5.74) is 4.70.